The monoisotopic (exact) mass is 352 g/mol. The molecule has 0 aliphatic carbocycles. The maximum Gasteiger partial charge on any atom is 0.248 e. The van der Waals surface area contributed by atoms with Crippen molar-refractivity contribution in [2.24, 2.45) is 5.73 Å². The number of hydrogen-bond acceptors (Lipinski definition) is 5. The second-order valence-corrected chi connectivity index (χ2v) is 6.43. The van der Waals surface area contributed by atoms with Crippen LogP contribution in [-0.4, -0.2) is 15.9 Å². The minimum Gasteiger partial charge on any atom is -0.366 e. The highest BCUT2D eigenvalue weighted by atomic mass is 32.1. The molecule has 0 fully saturated rings. The Bertz CT molecular complexity index is 890. The van der Waals surface area contributed by atoms with Crippen molar-refractivity contribution in [2.45, 2.75) is 26.7 Å². The lowest BCUT2D eigenvalue weighted by molar-refractivity contribution is 0.0999. The number of nitrogens with two attached hydrogens (primary N) is 1. The zero-order valence-electron chi connectivity index (χ0n) is 14.2. The quantitative estimate of drug-likeness (QED) is 0.697. The van der Waals surface area contributed by atoms with Gasteiger partial charge in [0.05, 0.1) is 5.69 Å². The number of benzene rings is 1. The van der Waals surface area contributed by atoms with E-state index in [0.717, 1.165) is 46.2 Å². The van der Waals surface area contributed by atoms with Crippen molar-refractivity contribution in [1.82, 2.24) is 9.97 Å². The fourth-order valence-corrected chi connectivity index (χ4v) is 3.69. The summed E-state index contributed by atoms with van der Waals surface area (Å²) in [5.41, 5.74) is 10.2. The minimum atomic E-state index is -0.381. The lowest BCUT2D eigenvalue weighted by Crippen LogP contribution is -2.15. The molecule has 0 saturated heterocycles. The van der Waals surface area contributed by atoms with Gasteiger partial charge in [-0.25, -0.2) is 9.97 Å². The largest absolute Gasteiger partial charge is 0.366 e. The summed E-state index contributed by atoms with van der Waals surface area (Å²) in [6, 6.07) is 9.45. The van der Waals surface area contributed by atoms with E-state index in [0.29, 0.717) is 5.56 Å². The summed E-state index contributed by atoms with van der Waals surface area (Å²) in [5, 5.41) is 6.01. The number of anilines is 2. The molecule has 3 N–H and O–H groups in total. The number of aromatic nitrogens is 2. The lowest BCUT2D eigenvalue weighted by atomic mass is 9.91. The highest BCUT2D eigenvalue weighted by molar-refractivity contribution is 7.14. The first-order valence-electron chi connectivity index (χ1n) is 8.22. The van der Waals surface area contributed by atoms with Crippen molar-refractivity contribution < 1.29 is 4.79 Å². The van der Waals surface area contributed by atoms with Crippen LogP contribution in [0.2, 0.25) is 0 Å². The maximum absolute atomic E-state index is 11.7. The van der Waals surface area contributed by atoms with Crippen molar-refractivity contribution >= 4 is 28.2 Å². The van der Waals surface area contributed by atoms with E-state index in [1.165, 1.54) is 11.3 Å². The molecule has 2 aromatic heterocycles. The highest BCUT2D eigenvalue weighted by Gasteiger charge is 2.17. The van der Waals surface area contributed by atoms with Crippen molar-refractivity contribution in [3.05, 3.63) is 58.6 Å². The van der Waals surface area contributed by atoms with E-state index in [9.17, 15) is 4.79 Å². The topological polar surface area (TPSA) is 80.9 Å². The molecular weight excluding hydrogens is 332 g/mol. The molecule has 6 heteroatoms. The molecule has 1 amide bonds. The first kappa shape index (κ1) is 17.1. The van der Waals surface area contributed by atoms with E-state index in [-0.39, 0.29) is 5.91 Å². The Hall–Kier alpha value is -2.73. The van der Waals surface area contributed by atoms with Gasteiger partial charge in [0.15, 0.2) is 5.13 Å². The number of thiazole rings is 1. The van der Waals surface area contributed by atoms with Crippen LogP contribution in [0.3, 0.4) is 0 Å². The van der Waals surface area contributed by atoms with E-state index in [4.69, 9.17) is 5.73 Å². The number of nitrogens with zero attached hydrogens (tertiary/aromatic N) is 2. The van der Waals surface area contributed by atoms with Gasteiger partial charge in [0, 0.05) is 22.7 Å². The number of amides is 1. The van der Waals surface area contributed by atoms with Gasteiger partial charge in [0.2, 0.25) is 5.91 Å². The predicted octanol–water partition coefficient (Wildman–Crippen LogP) is 4.17. The Balaban J connectivity index is 1.98. The summed E-state index contributed by atoms with van der Waals surface area (Å²) in [6.45, 7) is 4.13. The second kappa shape index (κ2) is 7.44. The second-order valence-electron chi connectivity index (χ2n) is 5.57. The van der Waals surface area contributed by atoms with E-state index in [1.807, 2.05) is 36.6 Å². The van der Waals surface area contributed by atoms with Gasteiger partial charge >= 0.3 is 0 Å². The zero-order valence-corrected chi connectivity index (χ0v) is 15.1. The van der Waals surface area contributed by atoms with Crippen LogP contribution in [0.15, 0.2) is 41.9 Å². The van der Waals surface area contributed by atoms with Crippen molar-refractivity contribution in [3.8, 4) is 11.3 Å². The minimum absolute atomic E-state index is 0.381. The Kier molecular flexibility index (Phi) is 5.09. The van der Waals surface area contributed by atoms with Gasteiger partial charge in [-0.3, -0.25) is 4.79 Å². The number of nitrogens with one attached hydrogen (secondary N) is 1. The van der Waals surface area contributed by atoms with Crippen LogP contribution in [0.1, 0.15) is 35.3 Å². The van der Waals surface area contributed by atoms with E-state index < -0.39 is 0 Å². The van der Waals surface area contributed by atoms with Crippen LogP contribution in [0.25, 0.3) is 11.3 Å². The molecular formula is C19H20N4OS. The standard InChI is InChI=1S/C19H20N4OS/c1-3-12-13(4-2)15(18(20)24)9-8-14(12)16-11-25-19(22-16)23-17-7-5-6-10-21-17/h5-11H,3-4H2,1-2H3,(H2,20,24)(H,21,22,23). The van der Waals surface area contributed by atoms with Crippen molar-refractivity contribution in [3.63, 3.8) is 0 Å². The van der Waals surface area contributed by atoms with Crippen LogP contribution in [0.4, 0.5) is 10.9 Å². The number of rotatable bonds is 6. The van der Waals surface area contributed by atoms with Crippen LogP contribution in [-0.2, 0) is 12.8 Å². The molecule has 2 heterocycles. The molecule has 0 radical (unpaired) electrons. The summed E-state index contributed by atoms with van der Waals surface area (Å²) in [7, 11) is 0. The van der Waals surface area contributed by atoms with Gasteiger partial charge in [-0.1, -0.05) is 26.0 Å². The average molecular weight is 352 g/mol. The van der Waals surface area contributed by atoms with Crippen LogP contribution >= 0.6 is 11.3 Å². The van der Waals surface area contributed by atoms with Gasteiger partial charge in [0.1, 0.15) is 5.82 Å². The van der Waals surface area contributed by atoms with Gasteiger partial charge < -0.3 is 11.1 Å². The number of carbonyl (C=O) groups excluding carboxylic acids is 1. The van der Waals surface area contributed by atoms with Crippen LogP contribution in [0, 0.1) is 0 Å². The molecule has 0 unspecified atom stereocenters. The summed E-state index contributed by atoms with van der Waals surface area (Å²) < 4.78 is 0. The third kappa shape index (κ3) is 3.53. The molecule has 5 nitrogen and oxygen atoms in total. The molecule has 0 aliphatic rings. The smallest absolute Gasteiger partial charge is 0.248 e. The Morgan fingerprint density at radius 1 is 1.16 bits per heavy atom. The third-order valence-electron chi connectivity index (χ3n) is 4.08. The molecule has 0 spiro atoms. The lowest BCUT2D eigenvalue weighted by Gasteiger charge is -2.14. The van der Waals surface area contributed by atoms with Crippen molar-refractivity contribution in [1.29, 1.82) is 0 Å². The predicted molar refractivity (Wildman–Crippen MR) is 102 cm³/mol. The first-order chi connectivity index (χ1) is 12.1. The average Bonchev–Trinajstić information content (AvgIpc) is 3.09. The van der Waals surface area contributed by atoms with Gasteiger partial charge in [-0.2, -0.15) is 0 Å². The molecule has 128 valence electrons. The van der Waals surface area contributed by atoms with E-state index in [2.05, 4.69) is 22.2 Å². The molecule has 0 atom stereocenters. The van der Waals surface area contributed by atoms with Gasteiger partial charge in [-0.15, -0.1) is 11.3 Å². The number of pyridine rings is 1. The van der Waals surface area contributed by atoms with Crippen LogP contribution < -0.4 is 11.1 Å². The van der Waals surface area contributed by atoms with E-state index in [1.54, 1.807) is 12.3 Å². The van der Waals surface area contributed by atoms with Crippen LogP contribution in [0.5, 0.6) is 0 Å². The summed E-state index contributed by atoms with van der Waals surface area (Å²) in [6.07, 6.45) is 3.32. The summed E-state index contributed by atoms with van der Waals surface area (Å²) in [4.78, 5) is 20.6. The van der Waals surface area contributed by atoms with Gasteiger partial charge in [0.25, 0.3) is 0 Å². The molecule has 0 bridgehead atoms. The highest BCUT2D eigenvalue weighted by Crippen LogP contribution is 2.32. The van der Waals surface area contributed by atoms with E-state index >= 15 is 0 Å². The normalized spacial score (nSPS) is 10.6. The Morgan fingerprint density at radius 3 is 2.60 bits per heavy atom. The Morgan fingerprint density at radius 2 is 1.96 bits per heavy atom. The zero-order chi connectivity index (χ0) is 17.8. The first-order valence-corrected chi connectivity index (χ1v) is 9.10. The number of hydrogen-bond donors (Lipinski definition) is 2. The fourth-order valence-electron chi connectivity index (χ4n) is 2.97. The Labute approximate surface area is 151 Å². The SMILES string of the molecule is CCc1c(C(N)=O)ccc(-c2csc(Nc3ccccn3)n2)c1CC. The maximum atomic E-state index is 11.7. The fraction of sp³-hybridized carbons (Fsp3) is 0.211. The third-order valence-corrected chi connectivity index (χ3v) is 4.84. The molecule has 3 rings (SSSR count). The molecule has 0 saturated carbocycles. The van der Waals surface area contributed by atoms with Crippen molar-refractivity contribution in [2.75, 3.05) is 5.32 Å². The summed E-state index contributed by atoms with van der Waals surface area (Å²) >= 11 is 1.53. The summed E-state index contributed by atoms with van der Waals surface area (Å²) in [5.74, 6) is 0.381. The number of primary amides is 1. The molecule has 1 aromatic carbocycles. The molecule has 0 aliphatic heterocycles. The number of carbonyl (C=O) groups is 1. The molecule has 25 heavy (non-hydrogen) atoms. The van der Waals surface area contributed by atoms with Gasteiger partial charge in [-0.05, 0) is 42.2 Å². The molecule has 3 aromatic rings.